The Morgan fingerprint density at radius 1 is 1.21 bits per heavy atom. The Morgan fingerprint density at radius 2 is 1.86 bits per heavy atom. The molecule has 1 rings (SSSR count). The highest BCUT2D eigenvalue weighted by molar-refractivity contribution is 7.90. The molecule has 0 saturated carbocycles. The Morgan fingerprint density at radius 3 is 2.43 bits per heavy atom. The third-order valence-electron chi connectivity index (χ3n) is 1.60. The fourth-order valence-electron chi connectivity index (χ4n) is 0.922. The molecule has 0 spiro atoms. The monoisotopic (exact) mass is 208 g/mol. The van der Waals surface area contributed by atoms with Crippen molar-refractivity contribution in [2.75, 3.05) is 12.0 Å². The molecular formula is C11H12O2S. The minimum Gasteiger partial charge on any atom is -0.229 e. The Balaban J connectivity index is 2.50. The van der Waals surface area contributed by atoms with Gasteiger partial charge < -0.3 is 0 Å². The normalized spacial score (nSPS) is 10.4. The SMILES string of the molecule is CS(=O)(=O)CCC#Cc1ccccc1. The van der Waals surface area contributed by atoms with Crippen molar-refractivity contribution in [3.05, 3.63) is 35.9 Å². The summed E-state index contributed by atoms with van der Waals surface area (Å²) in [6.45, 7) is 0. The van der Waals surface area contributed by atoms with Crippen LogP contribution in [0.5, 0.6) is 0 Å². The van der Waals surface area contributed by atoms with Crippen LogP contribution in [0.1, 0.15) is 12.0 Å². The van der Waals surface area contributed by atoms with E-state index >= 15 is 0 Å². The summed E-state index contributed by atoms with van der Waals surface area (Å²) < 4.78 is 21.5. The summed E-state index contributed by atoms with van der Waals surface area (Å²) in [5, 5.41) is 0. The molecule has 0 heterocycles. The van der Waals surface area contributed by atoms with Crippen LogP contribution in [0.15, 0.2) is 30.3 Å². The molecule has 1 aromatic rings. The van der Waals surface area contributed by atoms with Gasteiger partial charge in [0.05, 0.1) is 5.75 Å². The van der Waals surface area contributed by atoms with E-state index in [1.165, 1.54) is 6.26 Å². The maximum atomic E-state index is 10.8. The van der Waals surface area contributed by atoms with Crippen molar-refractivity contribution >= 4 is 9.84 Å². The molecule has 0 N–H and O–H groups in total. The van der Waals surface area contributed by atoms with Gasteiger partial charge in [0, 0.05) is 18.2 Å². The van der Waals surface area contributed by atoms with Gasteiger partial charge in [0.15, 0.2) is 0 Å². The van der Waals surface area contributed by atoms with Crippen molar-refractivity contribution in [2.24, 2.45) is 0 Å². The summed E-state index contributed by atoms with van der Waals surface area (Å²) in [6, 6.07) is 9.52. The number of hydrogen-bond donors (Lipinski definition) is 0. The highest BCUT2D eigenvalue weighted by Crippen LogP contribution is 1.95. The van der Waals surface area contributed by atoms with Crippen LogP contribution < -0.4 is 0 Å². The summed E-state index contributed by atoms with van der Waals surface area (Å²) in [7, 11) is -2.88. The van der Waals surface area contributed by atoms with E-state index in [0.29, 0.717) is 6.42 Å². The van der Waals surface area contributed by atoms with Crippen molar-refractivity contribution in [2.45, 2.75) is 6.42 Å². The molecule has 0 radical (unpaired) electrons. The zero-order chi connectivity index (χ0) is 10.4. The maximum Gasteiger partial charge on any atom is 0.148 e. The van der Waals surface area contributed by atoms with Crippen LogP contribution in [-0.4, -0.2) is 20.4 Å². The standard InChI is InChI=1S/C11H12O2S/c1-14(12,13)10-6-5-9-11-7-3-2-4-8-11/h2-4,7-8H,6,10H2,1H3. The first-order valence-electron chi connectivity index (χ1n) is 4.29. The Kier molecular flexibility index (Phi) is 3.73. The highest BCUT2D eigenvalue weighted by atomic mass is 32.2. The van der Waals surface area contributed by atoms with Gasteiger partial charge >= 0.3 is 0 Å². The van der Waals surface area contributed by atoms with Gasteiger partial charge in [-0.2, -0.15) is 0 Å². The predicted molar refractivity (Wildman–Crippen MR) is 57.6 cm³/mol. The molecule has 14 heavy (non-hydrogen) atoms. The van der Waals surface area contributed by atoms with Gasteiger partial charge in [-0.3, -0.25) is 0 Å². The summed E-state index contributed by atoms with van der Waals surface area (Å²) in [5.41, 5.74) is 0.918. The van der Waals surface area contributed by atoms with E-state index in [2.05, 4.69) is 11.8 Å². The average molecular weight is 208 g/mol. The van der Waals surface area contributed by atoms with Crippen LogP contribution in [0.3, 0.4) is 0 Å². The molecule has 0 aliphatic rings. The molecule has 0 bridgehead atoms. The first kappa shape index (κ1) is 10.8. The van der Waals surface area contributed by atoms with E-state index in [-0.39, 0.29) is 5.75 Å². The molecular weight excluding hydrogens is 196 g/mol. The molecule has 0 aliphatic heterocycles. The Hall–Kier alpha value is -1.27. The van der Waals surface area contributed by atoms with E-state index in [1.807, 2.05) is 30.3 Å². The lowest BCUT2D eigenvalue weighted by Crippen LogP contribution is -2.01. The lowest BCUT2D eigenvalue weighted by atomic mass is 10.2. The molecule has 0 fully saturated rings. The van der Waals surface area contributed by atoms with E-state index in [9.17, 15) is 8.42 Å². The van der Waals surface area contributed by atoms with Crippen LogP contribution in [0.25, 0.3) is 0 Å². The van der Waals surface area contributed by atoms with Crippen LogP contribution in [0.4, 0.5) is 0 Å². The Bertz CT molecular complexity index is 435. The molecule has 0 amide bonds. The summed E-state index contributed by atoms with van der Waals surface area (Å²) in [4.78, 5) is 0. The van der Waals surface area contributed by atoms with Gasteiger partial charge in [-0.25, -0.2) is 8.42 Å². The van der Waals surface area contributed by atoms with E-state index in [4.69, 9.17) is 0 Å². The van der Waals surface area contributed by atoms with Gasteiger partial charge in [0.25, 0.3) is 0 Å². The minimum absolute atomic E-state index is 0.132. The van der Waals surface area contributed by atoms with E-state index in [0.717, 1.165) is 5.56 Å². The lowest BCUT2D eigenvalue weighted by Gasteiger charge is -1.89. The second-order valence-corrected chi connectivity index (χ2v) is 5.31. The quantitative estimate of drug-likeness (QED) is 0.690. The fraction of sp³-hybridized carbons (Fsp3) is 0.273. The van der Waals surface area contributed by atoms with Crippen LogP contribution >= 0.6 is 0 Å². The zero-order valence-corrected chi connectivity index (χ0v) is 8.84. The van der Waals surface area contributed by atoms with Crippen LogP contribution in [0.2, 0.25) is 0 Å². The average Bonchev–Trinajstić information content (AvgIpc) is 2.13. The lowest BCUT2D eigenvalue weighted by molar-refractivity contribution is 0.602. The number of benzene rings is 1. The second kappa shape index (κ2) is 4.83. The first-order valence-corrected chi connectivity index (χ1v) is 6.36. The number of hydrogen-bond acceptors (Lipinski definition) is 2. The summed E-state index contributed by atoms with van der Waals surface area (Å²) >= 11 is 0. The molecule has 1 aromatic carbocycles. The van der Waals surface area contributed by atoms with Crippen LogP contribution in [-0.2, 0) is 9.84 Å². The third-order valence-corrected chi connectivity index (χ3v) is 2.55. The summed E-state index contributed by atoms with van der Waals surface area (Å²) in [5.74, 6) is 5.86. The smallest absolute Gasteiger partial charge is 0.148 e. The third kappa shape index (κ3) is 4.68. The van der Waals surface area contributed by atoms with Crippen molar-refractivity contribution in [3.8, 4) is 11.8 Å². The molecule has 0 saturated heterocycles. The molecule has 0 aromatic heterocycles. The summed E-state index contributed by atoms with van der Waals surface area (Å²) in [6.07, 6.45) is 1.62. The highest BCUT2D eigenvalue weighted by Gasteiger charge is 1.97. The second-order valence-electron chi connectivity index (χ2n) is 3.05. The molecule has 2 nitrogen and oxygen atoms in total. The minimum atomic E-state index is -2.88. The topological polar surface area (TPSA) is 34.1 Å². The number of rotatable bonds is 2. The van der Waals surface area contributed by atoms with Gasteiger partial charge in [0.1, 0.15) is 9.84 Å². The van der Waals surface area contributed by atoms with Crippen molar-refractivity contribution < 1.29 is 8.42 Å². The number of sulfone groups is 1. The predicted octanol–water partition coefficient (Wildman–Crippen LogP) is 1.47. The van der Waals surface area contributed by atoms with Crippen molar-refractivity contribution in [3.63, 3.8) is 0 Å². The van der Waals surface area contributed by atoms with Gasteiger partial charge in [-0.15, -0.1) is 0 Å². The van der Waals surface area contributed by atoms with Crippen LogP contribution in [0, 0.1) is 11.8 Å². The zero-order valence-electron chi connectivity index (χ0n) is 8.03. The van der Waals surface area contributed by atoms with Gasteiger partial charge in [0.2, 0.25) is 0 Å². The molecule has 74 valence electrons. The van der Waals surface area contributed by atoms with E-state index in [1.54, 1.807) is 0 Å². The largest absolute Gasteiger partial charge is 0.229 e. The van der Waals surface area contributed by atoms with Crippen molar-refractivity contribution in [1.82, 2.24) is 0 Å². The van der Waals surface area contributed by atoms with Crippen molar-refractivity contribution in [1.29, 1.82) is 0 Å². The molecule has 3 heteroatoms. The molecule has 0 unspecified atom stereocenters. The van der Waals surface area contributed by atoms with E-state index < -0.39 is 9.84 Å². The Labute approximate surface area is 84.9 Å². The van der Waals surface area contributed by atoms with Gasteiger partial charge in [-0.1, -0.05) is 30.0 Å². The maximum absolute atomic E-state index is 10.8. The first-order chi connectivity index (χ1) is 6.58. The molecule has 0 atom stereocenters. The molecule has 0 aliphatic carbocycles. The van der Waals surface area contributed by atoms with Gasteiger partial charge in [-0.05, 0) is 12.1 Å². The fourth-order valence-corrected chi connectivity index (χ4v) is 1.40.